The van der Waals surface area contributed by atoms with Crippen LogP contribution in [0.25, 0.3) is 0 Å². The number of nitrogens with zero attached hydrogens (tertiary/aromatic N) is 6. The molecule has 2 heterocycles. The van der Waals surface area contributed by atoms with E-state index in [-0.39, 0.29) is 30.1 Å². The summed E-state index contributed by atoms with van der Waals surface area (Å²) in [6, 6.07) is 23.1. The minimum absolute atomic E-state index is 0. The fourth-order valence-electron chi connectivity index (χ4n) is 4.29. The predicted molar refractivity (Wildman–Crippen MR) is 217 cm³/mol. The van der Waals surface area contributed by atoms with Crippen molar-refractivity contribution in [1.82, 2.24) is 19.9 Å². The summed E-state index contributed by atoms with van der Waals surface area (Å²) < 4.78 is 0. The van der Waals surface area contributed by atoms with Crippen LogP contribution >= 0.6 is 0 Å². The Hall–Kier alpha value is -4.86. The maximum absolute atomic E-state index is 12.4. The summed E-state index contributed by atoms with van der Waals surface area (Å²) in [5.74, 6) is 3.07. The molecule has 280 valence electrons. The van der Waals surface area contributed by atoms with Gasteiger partial charge in [-0.2, -0.15) is 4.98 Å². The lowest BCUT2D eigenvalue weighted by Gasteiger charge is -2.23. The van der Waals surface area contributed by atoms with Crippen LogP contribution in [0.4, 0.5) is 34.8 Å². The van der Waals surface area contributed by atoms with Gasteiger partial charge in [0.2, 0.25) is 17.8 Å². The number of aryl methyl sites for hydroxylation is 2. The molecule has 2 aromatic heterocycles. The Bertz CT molecular complexity index is 1480. The van der Waals surface area contributed by atoms with Gasteiger partial charge in [-0.1, -0.05) is 113 Å². The van der Waals surface area contributed by atoms with E-state index in [9.17, 15) is 9.59 Å². The fourth-order valence-corrected chi connectivity index (χ4v) is 4.29. The van der Waals surface area contributed by atoms with E-state index in [4.69, 9.17) is 0 Å². The Labute approximate surface area is 308 Å². The molecule has 2 N–H and O–H groups in total. The van der Waals surface area contributed by atoms with E-state index in [0.29, 0.717) is 42.1 Å². The van der Waals surface area contributed by atoms with Crippen LogP contribution in [0, 0.1) is 24.7 Å². The summed E-state index contributed by atoms with van der Waals surface area (Å²) in [6.45, 7) is 24.0. The van der Waals surface area contributed by atoms with Gasteiger partial charge in [0.25, 0.3) is 0 Å². The molecular formula is C41H64N8O2. The lowest BCUT2D eigenvalue weighted by Crippen LogP contribution is -2.30. The third-order valence-electron chi connectivity index (χ3n) is 6.54. The van der Waals surface area contributed by atoms with Crippen LogP contribution in [-0.4, -0.2) is 45.8 Å². The molecule has 10 heteroatoms. The van der Waals surface area contributed by atoms with Gasteiger partial charge in [-0.3, -0.25) is 19.4 Å². The Morgan fingerprint density at radius 2 is 1.02 bits per heavy atom. The minimum atomic E-state index is -0.0570. The number of carbonyl (C=O) groups is 2. The number of hydrogen-bond donors (Lipinski definition) is 2. The van der Waals surface area contributed by atoms with Gasteiger partial charge < -0.3 is 10.6 Å². The van der Waals surface area contributed by atoms with Gasteiger partial charge >= 0.3 is 0 Å². The summed E-state index contributed by atoms with van der Waals surface area (Å²) in [5, 5.41) is 6.41. The first kappa shape index (κ1) is 46.1. The Kier molecular flexibility index (Phi) is 20.0. The van der Waals surface area contributed by atoms with Crippen LogP contribution in [0.3, 0.4) is 0 Å². The van der Waals surface area contributed by atoms with Crippen LogP contribution in [0.1, 0.15) is 101 Å². The number of hydrogen-bond acceptors (Lipinski definition) is 8. The van der Waals surface area contributed by atoms with Crippen molar-refractivity contribution in [3.63, 3.8) is 0 Å². The molecule has 4 rings (SSSR count). The number of rotatable bonds is 8. The largest absolute Gasteiger partial charge is 0.340 e. The molecule has 0 aliphatic heterocycles. The summed E-state index contributed by atoms with van der Waals surface area (Å²) in [4.78, 5) is 45.6. The molecule has 0 radical (unpaired) electrons. The number of amides is 2. The quantitative estimate of drug-likeness (QED) is 0.187. The molecule has 0 saturated carbocycles. The number of para-hydroxylation sites is 2. The van der Waals surface area contributed by atoms with Crippen molar-refractivity contribution in [2.24, 2.45) is 10.8 Å². The second-order valence-corrected chi connectivity index (χ2v) is 13.7. The third kappa shape index (κ3) is 17.6. The molecule has 0 atom stereocenters. The molecule has 0 fully saturated rings. The summed E-state index contributed by atoms with van der Waals surface area (Å²) >= 11 is 0. The predicted octanol–water partition coefficient (Wildman–Crippen LogP) is 10.5. The first-order chi connectivity index (χ1) is 23.5. The second kappa shape index (κ2) is 22.1. The third-order valence-corrected chi connectivity index (χ3v) is 6.54. The zero-order valence-electron chi connectivity index (χ0n) is 32.8. The maximum Gasteiger partial charge on any atom is 0.229 e. The van der Waals surface area contributed by atoms with E-state index in [1.165, 1.54) is 0 Å². The highest BCUT2D eigenvalue weighted by Crippen LogP contribution is 2.25. The molecule has 2 aromatic carbocycles. The van der Waals surface area contributed by atoms with Crippen LogP contribution in [0.15, 0.2) is 72.8 Å². The monoisotopic (exact) mass is 701 g/mol. The fraction of sp³-hybridized carbons (Fsp3) is 0.463. The zero-order valence-corrected chi connectivity index (χ0v) is 32.8. The van der Waals surface area contributed by atoms with Gasteiger partial charge in [0.15, 0.2) is 0 Å². The van der Waals surface area contributed by atoms with Crippen LogP contribution < -0.4 is 20.4 Å². The van der Waals surface area contributed by atoms with Gasteiger partial charge in [-0.25, -0.2) is 15.0 Å². The highest BCUT2D eigenvalue weighted by molar-refractivity contribution is 5.93. The van der Waals surface area contributed by atoms with Crippen LogP contribution in [0.2, 0.25) is 0 Å². The summed E-state index contributed by atoms with van der Waals surface area (Å²) in [7, 11) is 3.50. The van der Waals surface area contributed by atoms with E-state index in [0.717, 1.165) is 17.1 Å². The first-order valence-electron chi connectivity index (χ1n) is 17.4. The van der Waals surface area contributed by atoms with Crippen molar-refractivity contribution in [2.45, 2.75) is 103 Å². The Morgan fingerprint density at radius 3 is 1.45 bits per heavy atom. The average molecular weight is 701 g/mol. The lowest BCUT2D eigenvalue weighted by molar-refractivity contribution is -0.120. The van der Waals surface area contributed by atoms with Gasteiger partial charge in [0, 0.05) is 56.1 Å². The number of carbonyl (C=O) groups excluding carboxylic acids is 2. The van der Waals surface area contributed by atoms with Crippen molar-refractivity contribution >= 4 is 46.6 Å². The molecule has 0 bridgehead atoms. The van der Waals surface area contributed by atoms with Crippen molar-refractivity contribution in [1.29, 1.82) is 0 Å². The highest BCUT2D eigenvalue weighted by Gasteiger charge is 2.22. The number of aromatic nitrogens is 4. The molecule has 0 aliphatic carbocycles. The molecular weight excluding hydrogens is 637 g/mol. The minimum Gasteiger partial charge on any atom is -0.340 e. The molecule has 0 spiro atoms. The zero-order chi connectivity index (χ0) is 38.1. The highest BCUT2D eigenvalue weighted by atomic mass is 16.2. The number of anilines is 6. The SMILES string of the molecule is C.CC.CC.Cc1cc(N(C)C(=O)CC(C)(C)C)nc(Nc2ccccc2)n1.Cc1nc(Nc2ccccc2)cc(N(C)C(=O)CC(C)(C)C)n1. The normalized spacial score (nSPS) is 10.3. The topological polar surface area (TPSA) is 116 Å². The number of benzene rings is 2. The van der Waals surface area contributed by atoms with Gasteiger partial charge in [0.1, 0.15) is 23.3 Å². The second-order valence-electron chi connectivity index (χ2n) is 13.7. The van der Waals surface area contributed by atoms with E-state index in [1.54, 1.807) is 30.0 Å². The van der Waals surface area contributed by atoms with Crippen molar-refractivity contribution in [3.8, 4) is 0 Å². The van der Waals surface area contributed by atoms with E-state index in [2.05, 4.69) is 30.6 Å². The van der Waals surface area contributed by atoms with Gasteiger partial charge in [-0.05, 0) is 48.9 Å². The average Bonchev–Trinajstić information content (AvgIpc) is 3.05. The van der Waals surface area contributed by atoms with E-state index < -0.39 is 0 Å². The van der Waals surface area contributed by atoms with Crippen molar-refractivity contribution < 1.29 is 9.59 Å². The maximum atomic E-state index is 12.4. The van der Waals surface area contributed by atoms with Crippen LogP contribution in [0.5, 0.6) is 0 Å². The van der Waals surface area contributed by atoms with Gasteiger partial charge in [0.05, 0.1) is 0 Å². The molecule has 0 saturated heterocycles. The van der Waals surface area contributed by atoms with Crippen molar-refractivity contribution in [2.75, 3.05) is 34.5 Å². The first-order valence-corrected chi connectivity index (χ1v) is 17.4. The Morgan fingerprint density at radius 1 is 0.608 bits per heavy atom. The van der Waals surface area contributed by atoms with Crippen LogP contribution in [-0.2, 0) is 9.59 Å². The van der Waals surface area contributed by atoms with E-state index in [1.807, 2.05) is 150 Å². The number of nitrogens with one attached hydrogen (secondary N) is 2. The molecule has 0 aliphatic rings. The molecule has 10 nitrogen and oxygen atoms in total. The standard InChI is InChI=1S/2C18H24N4O.2C2H6.CH4/c1-13-19-15(21-14-9-7-6-8-10-14)11-16(20-13)22(5)17(23)12-18(2,3)4;1-13-11-15(22(5)16(23)12-18(2,3)4)21-17(19-13)20-14-9-7-6-8-10-14;2*1-2;/h2*6-11H,12H2,1-5H3,(H,19,20,21);2*1-2H3;1H4. The molecule has 0 unspecified atom stereocenters. The van der Waals surface area contributed by atoms with Gasteiger partial charge in [-0.15, -0.1) is 0 Å². The van der Waals surface area contributed by atoms with Crippen molar-refractivity contribution in [3.05, 3.63) is 84.3 Å². The summed E-state index contributed by atoms with van der Waals surface area (Å²) in [5.41, 5.74) is 2.55. The molecule has 2 amide bonds. The molecule has 4 aromatic rings. The van der Waals surface area contributed by atoms with E-state index >= 15 is 0 Å². The Balaban J connectivity index is 0.000000878. The lowest BCUT2D eigenvalue weighted by atomic mass is 9.92. The summed E-state index contributed by atoms with van der Waals surface area (Å²) in [6.07, 6.45) is 0.933. The molecule has 51 heavy (non-hydrogen) atoms. The smallest absolute Gasteiger partial charge is 0.229 e.